The van der Waals surface area contributed by atoms with Gasteiger partial charge < -0.3 is 0 Å². The predicted octanol–water partition coefficient (Wildman–Crippen LogP) is 2.26. The minimum absolute atomic E-state index is 0.0580. The smallest absolute Gasteiger partial charge is 0.290 e. The first kappa shape index (κ1) is 11.3. The van der Waals surface area contributed by atoms with Gasteiger partial charge in [0.2, 0.25) is 5.78 Å². The molecule has 1 aromatic carbocycles. The number of hydrogen-bond donors (Lipinski definition) is 1. The zero-order valence-corrected chi connectivity index (χ0v) is 10.8. The Balaban J connectivity index is 2.15. The van der Waals surface area contributed by atoms with Crippen LogP contribution >= 0.6 is 27.3 Å². The number of nitrogens with zero attached hydrogens (tertiary/aromatic N) is 1. The molecule has 2 rings (SSSR count). The maximum absolute atomic E-state index is 11.9. The number of thiazole rings is 1. The second kappa shape index (κ2) is 4.76. The van der Waals surface area contributed by atoms with Crippen molar-refractivity contribution in [2.24, 2.45) is 0 Å². The maximum Gasteiger partial charge on any atom is 0.332 e. The molecule has 0 aliphatic rings. The van der Waals surface area contributed by atoms with Gasteiger partial charge in [0.15, 0.2) is 6.54 Å². The SMILES string of the molecule is Nc1scc[n+]1CC(=O)c1ccc(Br)cc1. The molecule has 0 bridgehead atoms. The summed E-state index contributed by atoms with van der Waals surface area (Å²) < 4.78 is 2.71. The molecule has 1 aromatic heterocycles. The first-order chi connectivity index (χ1) is 7.66. The lowest BCUT2D eigenvalue weighted by molar-refractivity contribution is -0.664. The van der Waals surface area contributed by atoms with Crippen molar-refractivity contribution < 1.29 is 9.36 Å². The van der Waals surface area contributed by atoms with Gasteiger partial charge in [-0.3, -0.25) is 10.5 Å². The van der Waals surface area contributed by atoms with Crippen LogP contribution in [0.5, 0.6) is 0 Å². The van der Waals surface area contributed by atoms with Gasteiger partial charge in [0.05, 0.1) is 0 Å². The Labute approximate surface area is 106 Å². The number of halogens is 1. The van der Waals surface area contributed by atoms with E-state index in [0.29, 0.717) is 10.7 Å². The molecular weight excluding hydrogens is 288 g/mol. The summed E-state index contributed by atoms with van der Waals surface area (Å²) in [5.74, 6) is 0.0580. The second-order valence-corrected chi connectivity index (χ2v) is 5.14. The van der Waals surface area contributed by atoms with Crippen LogP contribution in [0.15, 0.2) is 40.3 Å². The van der Waals surface area contributed by atoms with Crippen molar-refractivity contribution in [1.29, 1.82) is 0 Å². The van der Waals surface area contributed by atoms with E-state index in [-0.39, 0.29) is 12.3 Å². The number of Topliss-reactive ketones (excluding diaryl/α,β-unsaturated/α-hetero) is 1. The lowest BCUT2D eigenvalue weighted by Crippen LogP contribution is -2.38. The van der Waals surface area contributed by atoms with E-state index in [1.54, 1.807) is 16.7 Å². The Kier molecular flexibility index (Phi) is 3.36. The van der Waals surface area contributed by atoms with E-state index in [9.17, 15) is 4.79 Å². The number of ketones is 1. The third-order valence-corrected chi connectivity index (χ3v) is 3.46. The van der Waals surface area contributed by atoms with Crippen LogP contribution in [-0.2, 0) is 6.54 Å². The Hall–Kier alpha value is -1.20. The van der Waals surface area contributed by atoms with Crippen molar-refractivity contribution in [2.45, 2.75) is 6.54 Å². The summed E-state index contributed by atoms with van der Waals surface area (Å²) in [4.78, 5) is 11.9. The summed E-state index contributed by atoms with van der Waals surface area (Å²) in [5.41, 5.74) is 6.41. The standard InChI is InChI=1S/C11H9BrN2OS/c12-9-3-1-8(2-4-9)10(15)7-14-5-6-16-11(14)13/h1-6,13H,7H2/p+1. The molecule has 3 nitrogen and oxygen atoms in total. The largest absolute Gasteiger partial charge is 0.332 e. The molecule has 5 heteroatoms. The fourth-order valence-corrected chi connectivity index (χ4v) is 2.20. The molecule has 1 heterocycles. The number of aromatic nitrogens is 1. The Morgan fingerprint density at radius 3 is 2.62 bits per heavy atom. The molecule has 0 spiro atoms. The molecule has 0 fully saturated rings. The number of hydrogen-bond acceptors (Lipinski definition) is 3. The van der Waals surface area contributed by atoms with Crippen LogP contribution in [0.2, 0.25) is 0 Å². The van der Waals surface area contributed by atoms with Crippen molar-refractivity contribution in [2.75, 3.05) is 5.73 Å². The van der Waals surface area contributed by atoms with Crippen LogP contribution in [0, 0.1) is 0 Å². The minimum atomic E-state index is 0.0580. The zero-order valence-electron chi connectivity index (χ0n) is 8.39. The number of carbonyl (C=O) groups excluding carboxylic acids is 1. The Bertz CT molecular complexity index is 507. The molecule has 0 aliphatic carbocycles. The van der Waals surface area contributed by atoms with Crippen molar-refractivity contribution in [3.05, 3.63) is 45.9 Å². The van der Waals surface area contributed by atoms with Crippen LogP contribution < -0.4 is 10.3 Å². The molecule has 0 atom stereocenters. The average molecular weight is 298 g/mol. The van der Waals surface area contributed by atoms with Gasteiger partial charge in [0.25, 0.3) is 0 Å². The van der Waals surface area contributed by atoms with Crippen LogP contribution in [0.1, 0.15) is 10.4 Å². The predicted molar refractivity (Wildman–Crippen MR) is 67.4 cm³/mol. The highest BCUT2D eigenvalue weighted by atomic mass is 79.9. The van der Waals surface area contributed by atoms with E-state index in [4.69, 9.17) is 5.73 Å². The van der Waals surface area contributed by atoms with Crippen molar-refractivity contribution >= 4 is 38.2 Å². The lowest BCUT2D eigenvalue weighted by atomic mass is 10.1. The molecule has 0 saturated carbocycles. The molecule has 0 aliphatic heterocycles. The van der Waals surface area contributed by atoms with Gasteiger partial charge in [-0.2, -0.15) is 0 Å². The first-order valence-corrected chi connectivity index (χ1v) is 6.35. The number of carbonyl (C=O) groups is 1. The number of rotatable bonds is 3. The summed E-state index contributed by atoms with van der Waals surface area (Å²) in [6.45, 7) is 0.289. The number of nitrogens with two attached hydrogens (primary N) is 1. The van der Waals surface area contributed by atoms with Gasteiger partial charge in [0.1, 0.15) is 6.20 Å². The monoisotopic (exact) mass is 297 g/mol. The van der Waals surface area contributed by atoms with Crippen LogP contribution in [0.4, 0.5) is 5.13 Å². The first-order valence-electron chi connectivity index (χ1n) is 4.68. The molecule has 2 N–H and O–H groups in total. The van der Waals surface area contributed by atoms with Gasteiger partial charge >= 0.3 is 5.13 Å². The molecule has 82 valence electrons. The van der Waals surface area contributed by atoms with Crippen LogP contribution in [-0.4, -0.2) is 5.78 Å². The maximum atomic E-state index is 11.9. The van der Waals surface area contributed by atoms with E-state index >= 15 is 0 Å². The number of anilines is 1. The van der Waals surface area contributed by atoms with Gasteiger partial charge in [-0.25, -0.2) is 4.57 Å². The quantitative estimate of drug-likeness (QED) is 0.698. The molecule has 0 radical (unpaired) electrons. The van der Waals surface area contributed by atoms with Gasteiger partial charge in [-0.15, -0.1) is 0 Å². The zero-order chi connectivity index (χ0) is 11.5. The van der Waals surface area contributed by atoms with Crippen LogP contribution in [0.3, 0.4) is 0 Å². The van der Waals surface area contributed by atoms with Crippen LogP contribution in [0.25, 0.3) is 0 Å². The summed E-state index contributed by atoms with van der Waals surface area (Å²) >= 11 is 4.76. The molecular formula is C11H10BrN2OS+. The lowest BCUT2D eigenvalue weighted by Gasteiger charge is -1.99. The average Bonchev–Trinajstić information content (AvgIpc) is 2.65. The molecule has 0 amide bonds. The third kappa shape index (κ3) is 2.48. The fraction of sp³-hybridized carbons (Fsp3) is 0.0909. The Morgan fingerprint density at radius 1 is 1.38 bits per heavy atom. The van der Waals surface area contributed by atoms with Gasteiger partial charge in [-0.1, -0.05) is 39.4 Å². The molecule has 0 unspecified atom stereocenters. The fourth-order valence-electron chi connectivity index (χ4n) is 1.33. The topological polar surface area (TPSA) is 47.0 Å². The summed E-state index contributed by atoms with van der Waals surface area (Å²) in [6, 6.07) is 7.31. The highest BCUT2D eigenvalue weighted by Crippen LogP contribution is 2.11. The molecule has 0 saturated heterocycles. The highest BCUT2D eigenvalue weighted by Gasteiger charge is 2.12. The van der Waals surface area contributed by atoms with E-state index in [0.717, 1.165) is 4.47 Å². The number of nitrogen functional groups attached to an aromatic ring is 1. The van der Waals surface area contributed by atoms with E-state index in [1.807, 2.05) is 23.7 Å². The normalized spacial score (nSPS) is 10.3. The van der Waals surface area contributed by atoms with E-state index in [1.165, 1.54) is 11.3 Å². The Morgan fingerprint density at radius 2 is 2.06 bits per heavy atom. The molecule has 2 aromatic rings. The van der Waals surface area contributed by atoms with Gasteiger partial charge in [0, 0.05) is 15.4 Å². The van der Waals surface area contributed by atoms with Crippen molar-refractivity contribution in [3.8, 4) is 0 Å². The number of benzene rings is 1. The van der Waals surface area contributed by atoms with E-state index in [2.05, 4.69) is 15.9 Å². The third-order valence-electron chi connectivity index (χ3n) is 2.19. The molecule has 16 heavy (non-hydrogen) atoms. The summed E-state index contributed by atoms with van der Waals surface area (Å²) in [5, 5.41) is 2.51. The van der Waals surface area contributed by atoms with Gasteiger partial charge in [-0.05, 0) is 12.1 Å². The van der Waals surface area contributed by atoms with E-state index < -0.39 is 0 Å². The van der Waals surface area contributed by atoms with Crippen molar-refractivity contribution in [1.82, 2.24) is 0 Å². The summed E-state index contributed by atoms with van der Waals surface area (Å²) in [6.07, 6.45) is 1.82. The van der Waals surface area contributed by atoms with Crippen molar-refractivity contribution in [3.63, 3.8) is 0 Å². The highest BCUT2D eigenvalue weighted by molar-refractivity contribution is 9.10. The second-order valence-electron chi connectivity index (χ2n) is 3.30. The summed E-state index contributed by atoms with van der Waals surface area (Å²) in [7, 11) is 0. The minimum Gasteiger partial charge on any atom is -0.290 e.